The van der Waals surface area contributed by atoms with E-state index in [9.17, 15) is 0 Å². The van der Waals surface area contributed by atoms with Gasteiger partial charge in [0.25, 0.3) is 0 Å². The molecule has 1 aromatic carbocycles. The number of hydrogen-bond donors (Lipinski definition) is 1. The predicted molar refractivity (Wildman–Crippen MR) is 90.2 cm³/mol. The van der Waals surface area contributed by atoms with Crippen LogP contribution in [0.15, 0.2) is 24.3 Å². The molecule has 0 heterocycles. The SMILES string of the molecule is CCCNC(CCC(C)C)c1ccccc1C(C)(C)C. The first kappa shape index (κ1) is 17.2. The van der Waals surface area contributed by atoms with Gasteiger partial charge in [-0.25, -0.2) is 0 Å². The average molecular weight is 275 g/mol. The lowest BCUT2D eigenvalue weighted by atomic mass is 9.80. The van der Waals surface area contributed by atoms with Gasteiger partial charge in [0, 0.05) is 6.04 Å². The first-order valence-electron chi connectivity index (χ1n) is 8.19. The molecule has 0 saturated heterocycles. The lowest BCUT2D eigenvalue weighted by molar-refractivity contribution is 0.432. The third kappa shape index (κ3) is 5.28. The van der Waals surface area contributed by atoms with Crippen molar-refractivity contribution in [1.29, 1.82) is 0 Å². The normalized spacial score (nSPS) is 13.8. The topological polar surface area (TPSA) is 12.0 Å². The van der Waals surface area contributed by atoms with Gasteiger partial charge in [-0.3, -0.25) is 0 Å². The molecular weight excluding hydrogens is 242 g/mol. The average Bonchev–Trinajstić information content (AvgIpc) is 2.37. The first-order valence-corrected chi connectivity index (χ1v) is 8.19. The fraction of sp³-hybridized carbons (Fsp3) is 0.684. The molecule has 0 amide bonds. The van der Waals surface area contributed by atoms with E-state index < -0.39 is 0 Å². The molecule has 0 aliphatic heterocycles. The Morgan fingerprint density at radius 1 is 1.05 bits per heavy atom. The third-order valence-corrected chi connectivity index (χ3v) is 3.82. The van der Waals surface area contributed by atoms with Crippen molar-refractivity contribution in [3.63, 3.8) is 0 Å². The summed E-state index contributed by atoms with van der Waals surface area (Å²) < 4.78 is 0. The summed E-state index contributed by atoms with van der Waals surface area (Å²) in [5.41, 5.74) is 3.19. The van der Waals surface area contributed by atoms with Gasteiger partial charge in [-0.1, -0.05) is 65.8 Å². The van der Waals surface area contributed by atoms with Crippen molar-refractivity contribution in [3.05, 3.63) is 35.4 Å². The van der Waals surface area contributed by atoms with E-state index in [2.05, 4.69) is 71.1 Å². The Morgan fingerprint density at radius 2 is 1.70 bits per heavy atom. The highest BCUT2D eigenvalue weighted by molar-refractivity contribution is 5.35. The molecule has 0 saturated carbocycles. The van der Waals surface area contributed by atoms with Crippen molar-refractivity contribution in [2.75, 3.05) is 6.54 Å². The Labute approximate surface area is 126 Å². The lowest BCUT2D eigenvalue weighted by Gasteiger charge is -2.28. The van der Waals surface area contributed by atoms with E-state index >= 15 is 0 Å². The number of nitrogens with one attached hydrogen (secondary N) is 1. The molecule has 20 heavy (non-hydrogen) atoms. The van der Waals surface area contributed by atoms with Gasteiger partial charge in [0.1, 0.15) is 0 Å². The Morgan fingerprint density at radius 3 is 2.25 bits per heavy atom. The monoisotopic (exact) mass is 275 g/mol. The first-order chi connectivity index (χ1) is 9.36. The van der Waals surface area contributed by atoms with Gasteiger partial charge >= 0.3 is 0 Å². The molecule has 0 radical (unpaired) electrons. The largest absolute Gasteiger partial charge is 0.310 e. The van der Waals surface area contributed by atoms with Crippen LogP contribution in [0.5, 0.6) is 0 Å². The van der Waals surface area contributed by atoms with Crippen LogP contribution >= 0.6 is 0 Å². The molecule has 1 N–H and O–H groups in total. The molecule has 1 rings (SSSR count). The van der Waals surface area contributed by atoms with E-state index in [0.717, 1.165) is 12.5 Å². The fourth-order valence-corrected chi connectivity index (χ4v) is 2.67. The highest BCUT2D eigenvalue weighted by atomic mass is 14.9. The number of rotatable bonds is 7. The summed E-state index contributed by atoms with van der Waals surface area (Å²) in [7, 11) is 0. The Kier molecular flexibility index (Phi) is 6.75. The Hall–Kier alpha value is -0.820. The van der Waals surface area contributed by atoms with Crippen LogP contribution < -0.4 is 5.32 Å². The van der Waals surface area contributed by atoms with Crippen LogP contribution in [0.3, 0.4) is 0 Å². The van der Waals surface area contributed by atoms with Crippen LogP contribution in [0, 0.1) is 5.92 Å². The molecule has 1 atom stereocenters. The summed E-state index contributed by atoms with van der Waals surface area (Å²) in [6, 6.07) is 9.46. The van der Waals surface area contributed by atoms with Gasteiger partial charge in [-0.2, -0.15) is 0 Å². The standard InChI is InChI=1S/C19H33N/c1-7-14-20-18(13-12-15(2)3)16-10-8-9-11-17(16)19(4,5)6/h8-11,15,18,20H,7,12-14H2,1-6H3. The van der Waals surface area contributed by atoms with Crippen LogP contribution in [0.2, 0.25) is 0 Å². The lowest BCUT2D eigenvalue weighted by Crippen LogP contribution is -2.26. The van der Waals surface area contributed by atoms with Gasteiger partial charge in [0.05, 0.1) is 0 Å². The van der Waals surface area contributed by atoms with Gasteiger partial charge in [0.15, 0.2) is 0 Å². The minimum atomic E-state index is 0.209. The maximum Gasteiger partial charge on any atom is 0.0323 e. The Bertz CT molecular complexity index is 387. The van der Waals surface area contributed by atoms with Crippen LogP contribution in [-0.2, 0) is 5.41 Å². The molecule has 114 valence electrons. The zero-order valence-electron chi connectivity index (χ0n) is 14.3. The maximum atomic E-state index is 3.75. The highest BCUT2D eigenvalue weighted by Gasteiger charge is 2.22. The summed E-state index contributed by atoms with van der Waals surface area (Å²) >= 11 is 0. The quantitative estimate of drug-likeness (QED) is 0.696. The third-order valence-electron chi connectivity index (χ3n) is 3.82. The highest BCUT2D eigenvalue weighted by Crippen LogP contribution is 2.32. The van der Waals surface area contributed by atoms with Gasteiger partial charge < -0.3 is 5.32 Å². The fourth-order valence-electron chi connectivity index (χ4n) is 2.67. The smallest absolute Gasteiger partial charge is 0.0323 e. The molecule has 0 aliphatic carbocycles. The summed E-state index contributed by atoms with van der Waals surface area (Å²) in [6.45, 7) is 14.9. The van der Waals surface area contributed by atoms with Crippen LogP contribution in [0.1, 0.15) is 78.0 Å². The molecule has 0 spiro atoms. The van der Waals surface area contributed by atoms with Crippen molar-refractivity contribution >= 4 is 0 Å². The predicted octanol–water partition coefficient (Wildman–Crippen LogP) is 5.46. The molecule has 0 aliphatic rings. The molecule has 0 aromatic heterocycles. The summed E-state index contributed by atoms with van der Waals surface area (Å²) in [4.78, 5) is 0. The van der Waals surface area contributed by atoms with E-state index in [1.807, 2.05) is 0 Å². The minimum absolute atomic E-state index is 0.209. The van der Waals surface area contributed by atoms with E-state index in [1.165, 1.54) is 30.4 Å². The van der Waals surface area contributed by atoms with Crippen molar-refractivity contribution in [3.8, 4) is 0 Å². The van der Waals surface area contributed by atoms with Gasteiger partial charge in [-0.05, 0) is 48.3 Å². The van der Waals surface area contributed by atoms with E-state index in [1.54, 1.807) is 0 Å². The second-order valence-electron chi connectivity index (χ2n) is 7.32. The molecule has 0 fully saturated rings. The molecular formula is C19H33N. The summed E-state index contributed by atoms with van der Waals surface area (Å²) in [6.07, 6.45) is 3.69. The Balaban J connectivity index is 3.00. The zero-order chi connectivity index (χ0) is 15.2. The van der Waals surface area contributed by atoms with Crippen LogP contribution in [0.25, 0.3) is 0 Å². The van der Waals surface area contributed by atoms with E-state index in [4.69, 9.17) is 0 Å². The molecule has 1 unspecified atom stereocenters. The zero-order valence-corrected chi connectivity index (χ0v) is 14.3. The second kappa shape index (κ2) is 7.83. The number of hydrogen-bond acceptors (Lipinski definition) is 1. The van der Waals surface area contributed by atoms with Crippen LogP contribution in [0.4, 0.5) is 0 Å². The van der Waals surface area contributed by atoms with Crippen molar-refractivity contribution < 1.29 is 0 Å². The molecule has 0 bridgehead atoms. The summed E-state index contributed by atoms with van der Waals surface area (Å²) in [5, 5.41) is 3.75. The van der Waals surface area contributed by atoms with Gasteiger partial charge in [-0.15, -0.1) is 0 Å². The second-order valence-corrected chi connectivity index (χ2v) is 7.32. The maximum absolute atomic E-state index is 3.75. The minimum Gasteiger partial charge on any atom is -0.310 e. The molecule has 1 heteroatoms. The molecule has 1 nitrogen and oxygen atoms in total. The van der Waals surface area contributed by atoms with Crippen molar-refractivity contribution in [2.24, 2.45) is 5.92 Å². The van der Waals surface area contributed by atoms with Crippen molar-refractivity contribution in [1.82, 2.24) is 5.32 Å². The number of benzene rings is 1. The van der Waals surface area contributed by atoms with E-state index in [0.29, 0.717) is 6.04 Å². The molecule has 1 aromatic rings. The van der Waals surface area contributed by atoms with Crippen molar-refractivity contribution in [2.45, 2.75) is 72.3 Å². The van der Waals surface area contributed by atoms with Gasteiger partial charge in [0.2, 0.25) is 0 Å². The summed E-state index contributed by atoms with van der Waals surface area (Å²) in [5.74, 6) is 0.766. The van der Waals surface area contributed by atoms with Crippen LogP contribution in [-0.4, -0.2) is 6.54 Å². The van der Waals surface area contributed by atoms with E-state index in [-0.39, 0.29) is 5.41 Å².